The summed E-state index contributed by atoms with van der Waals surface area (Å²) in [7, 11) is 3.43. The molecule has 0 saturated heterocycles. The van der Waals surface area contributed by atoms with Gasteiger partial charge in [-0.3, -0.25) is 14.3 Å². The van der Waals surface area contributed by atoms with Crippen molar-refractivity contribution in [1.29, 1.82) is 0 Å². The Morgan fingerprint density at radius 3 is 2.81 bits per heavy atom. The molecule has 7 nitrogen and oxygen atoms in total. The van der Waals surface area contributed by atoms with Crippen LogP contribution in [0, 0.1) is 0 Å². The molecule has 3 aromatic rings. The monoisotopic (exact) mass is 382 g/mol. The largest absolute Gasteiger partial charge is 0.479 e. The van der Waals surface area contributed by atoms with Crippen LogP contribution in [-0.4, -0.2) is 34.7 Å². The molecule has 1 unspecified atom stereocenters. The Hall–Kier alpha value is -3.13. The maximum Gasteiger partial charge on any atom is 0.273 e. The van der Waals surface area contributed by atoms with Gasteiger partial charge in [-0.2, -0.15) is 5.10 Å². The van der Waals surface area contributed by atoms with Gasteiger partial charge >= 0.3 is 0 Å². The third-order valence-corrected chi connectivity index (χ3v) is 5.34. The molecule has 27 heavy (non-hydrogen) atoms. The second-order valence-corrected chi connectivity index (χ2v) is 7.26. The topological polar surface area (TPSA) is 76.5 Å². The van der Waals surface area contributed by atoms with Crippen molar-refractivity contribution >= 4 is 34.5 Å². The van der Waals surface area contributed by atoms with Crippen molar-refractivity contribution in [2.45, 2.75) is 13.0 Å². The number of hydrogen-bond acceptors (Lipinski definition) is 5. The van der Waals surface area contributed by atoms with Crippen LogP contribution in [0.15, 0.2) is 41.8 Å². The van der Waals surface area contributed by atoms with Crippen molar-refractivity contribution in [2.75, 3.05) is 17.3 Å². The van der Waals surface area contributed by atoms with E-state index in [9.17, 15) is 9.59 Å². The number of carbonyl (C=O) groups excluding carboxylic acids is 2. The molecule has 1 aliphatic rings. The number of amides is 2. The van der Waals surface area contributed by atoms with Crippen LogP contribution in [0.25, 0.3) is 10.6 Å². The van der Waals surface area contributed by atoms with Crippen LogP contribution < -0.4 is 15.0 Å². The first kappa shape index (κ1) is 17.3. The normalized spacial score (nSPS) is 16.0. The lowest BCUT2D eigenvalue weighted by atomic mass is 10.2. The van der Waals surface area contributed by atoms with Gasteiger partial charge in [0.1, 0.15) is 17.1 Å². The van der Waals surface area contributed by atoms with Gasteiger partial charge in [0.25, 0.3) is 11.8 Å². The molecule has 1 aliphatic heterocycles. The molecule has 2 amide bonds. The van der Waals surface area contributed by atoms with E-state index >= 15 is 0 Å². The van der Waals surface area contributed by atoms with Crippen LogP contribution in [0.4, 0.5) is 11.4 Å². The number of aromatic nitrogens is 2. The van der Waals surface area contributed by atoms with Crippen molar-refractivity contribution in [1.82, 2.24) is 9.78 Å². The van der Waals surface area contributed by atoms with Crippen molar-refractivity contribution < 1.29 is 14.3 Å². The lowest BCUT2D eigenvalue weighted by molar-refractivity contribution is -0.125. The van der Waals surface area contributed by atoms with E-state index in [4.69, 9.17) is 4.74 Å². The van der Waals surface area contributed by atoms with Crippen molar-refractivity contribution in [3.8, 4) is 16.3 Å². The predicted octanol–water partition coefficient (Wildman–Crippen LogP) is 3.14. The molecule has 0 saturated carbocycles. The van der Waals surface area contributed by atoms with Crippen LogP contribution in [0.2, 0.25) is 0 Å². The molecule has 2 aromatic heterocycles. The minimum Gasteiger partial charge on any atom is -0.479 e. The molecule has 3 heterocycles. The Morgan fingerprint density at radius 2 is 2.07 bits per heavy atom. The fraction of sp³-hybridized carbons (Fsp3) is 0.211. The van der Waals surface area contributed by atoms with Gasteiger partial charge in [-0.15, -0.1) is 11.3 Å². The second-order valence-electron chi connectivity index (χ2n) is 6.31. The van der Waals surface area contributed by atoms with Gasteiger partial charge < -0.3 is 15.0 Å². The van der Waals surface area contributed by atoms with Gasteiger partial charge in [-0.1, -0.05) is 6.07 Å². The quantitative estimate of drug-likeness (QED) is 0.755. The van der Waals surface area contributed by atoms with E-state index in [0.717, 1.165) is 10.6 Å². The summed E-state index contributed by atoms with van der Waals surface area (Å²) in [5.41, 5.74) is 2.41. The van der Waals surface area contributed by atoms with Crippen LogP contribution in [0.3, 0.4) is 0 Å². The minimum absolute atomic E-state index is 0.127. The summed E-state index contributed by atoms with van der Waals surface area (Å²) in [4.78, 5) is 27.4. The zero-order valence-corrected chi connectivity index (χ0v) is 15.9. The summed E-state index contributed by atoms with van der Waals surface area (Å²) in [5, 5.41) is 9.24. The highest BCUT2D eigenvalue weighted by Crippen LogP contribution is 2.35. The number of likely N-dealkylation sites (N-methyl/N-ethyl adjacent to an activating group) is 1. The summed E-state index contributed by atoms with van der Waals surface area (Å²) in [6.45, 7) is 1.71. The zero-order chi connectivity index (χ0) is 19.1. The molecule has 4 rings (SSSR count). The van der Waals surface area contributed by atoms with Crippen LogP contribution in [0.1, 0.15) is 17.4 Å². The van der Waals surface area contributed by atoms with Crippen LogP contribution in [0.5, 0.6) is 5.75 Å². The van der Waals surface area contributed by atoms with Gasteiger partial charge in [0.05, 0.1) is 10.6 Å². The smallest absolute Gasteiger partial charge is 0.273 e. The Kier molecular flexibility index (Phi) is 4.19. The molecule has 1 atom stereocenters. The predicted molar refractivity (Wildman–Crippen MR) is 104 cm³/mol. The van der Waals surface area contributed by atoms with E-state index in [1.807, 2.05) is 17.5 Å². The fourth-order valence-corrected chi connectivity index (χ4v) is 3.69. The Balaban J connectivity index is 1.58. The van der Waals surface area contributed by atoms with Crippen molar-refractivity contribution in [2.24, 2.45) is 7.05 Å². The summed E-state index contributed by atoms with van der Waals surface area (Å²) in [6, 6.07) is 10.9. The van der Waals surface area contributed by atoms with Gasteiger partial charge in [0.2, 0.25) is 0 Å². The number of anilines is 2. The van der Waals surface area contributed by atoms with Gasteiger partial charge in [-0.05, 0) is 42.6 Å². The number of nitrogens with one attached hydrogen (secondary N) is 1. The maximum atomic E-state index is 12.7. The molecule has 0 spiro atoms. The number of hydrogen-bond donors (Lipinski definition) is 1. The highest BCUT2D eigenvalue weighted by atomic mass is 32.1. The molecule has 0 fully saturated rings. The number of ether oxygens (including phenoxy) is 1. The number of carbonyl (C=O) groups is 2. The van der Waals surface area contributed by atoms with Crippen molar-refractivity contribution in [3.63, 3.8) is 0 Å². The summed E-state index contributed by atoms with van der Waals surface area (Å²) in [6.07, 6.45) is -0.520. The van der Waals surface area contributed by atoms with Crippen molar-refractivity contribution in [3.05, 3.63) is 47.5 Å². The summed E-state index contributed by atoms with van der Waals surface area (Å²) < 4.78 is 7.16. The molecule has 0 aliphatic carbocycles. The summed E-state index contributed by atoms with van der Waals surface area (Å²) >= 11 is 1.57. The lowest BCUT2D eigenvalue weighted by Gasteiger charge is -2.30. The molecule has 0 radical (unpaired) electrons. The number of nitrogens with zero attached hydrogens (tertiary/aromatic N) is 3. The molecule has 1 aromatic carbocycles. The third kappa shape index (κ3) is 3.08. The average molecular weight is 382 g/mol. The Labute approximate surface area is 160 Å². The number of rotatable bonds is 3. The molecule has 1 N–H and O–H groups in total. The Morgan fingerprint density at radius 1 is 1.26 bits per heavy atom. The van der Waals surface area contributed by atoms with E-state index in [1.165, 1.54) is 4.90 Å². The number of aryl methyl sites for hydroxylation is 1. The standard InChI is InChI=1S/C19H18N4O3S/c1-11-19(25)22(2)14-9-12(6-7-16(14)26-11)20-18(24)15-10-13(21-23(15)3)17-5-4-8-27-17/h4-11H,1-3H3,(H,20,24). The number of benzene rings is 1. The highest BCUT2D eigenvalue weighted by molar-refractivity contribution is 7.13. The fourth-order valence-electron chi connectivity index (χ4n) is 3.01. The average Bonchev–Trinajstić information content (AvgIpc) is 3.30. The number of thiophene rings is 1. The maximum absolute atomic E-state index is 12.7. The first-order valence-corrected chi connectivity index (χ1v) is 9.29. The molecular weight excluding hydrogens is 364 g/mol. The van der Waals surface area contributed by atoms with E-state index in [2.05, 4.69) is 10.4 Å². The highest BCUT2D eigenvalue weighted by Gasteiger charge is 2.29. The van der Waals surface area contributed by atoms with Gasteiger partial charge in [0.15, 0.2) is 6.10 Å². The number of fused-ring (bicyclic) bond motifs is 1. The molecule has 8 heteroatoms. The first-order valence-electron chi connectivity index (χ1n) is 8.41. The van der Waals surface area contributed by atoms with E-state index in [0.29, 0.717) is 22.8 Å². The first-order chi connectivity index (χ1) is 12.9. The van der Waals surface area contributed by atoms with Gasteiger partial charge in [-0.25, -0.2) is 0 Å². The minimum atomic E-state index is -0.520. The zero-order valence-electron chi connectivity index (χ0n) is 15.1. The molecular formula is C19H18N4O3S. The van der Waals surface area contributed by atoms with Gasteiger partial charge in [0, 0.05) is 19.8 Å². The van der Waals surface area contributed by atoms with Crippen LogP contribution >= 0.6 is 11.3 Å². The van der Waals surface area contributed by atoms with Crippen LogP contribution in [-0.2, 0) is 11.8 Å². The molecule has 0 bridgehead atoms. The van der Waals surface area contributed by atoms with E-state index < -0.39 is 6.10 Å². The Bertz CT molecular complexity index is 1030. The molecule has 138 valence electrons. The SMILES string of the molecule is CC1Oc2ccc(NC(=O)c3cc(-c4cccs4)nn3C)cc2N(C)C1=O. The second kappa shape index (κ2) is 6.55. The lowest BCUT2D eigenvalue weighted by Crippen LogP contribution is -2.41. The van der Waals surface area contributed by atoms with E-state index in [1.54, 1.807) is 61.3 Å². The van der Waals surface area contributed by atoms with E-state index in [-0.39, 0.29) is 11.8 Å². The summed E-state index contributed by atoms with van der Waals surface area (Å²) in [5.74, 6) is 0.216. The third-order valence-electron chi connectivity index (χ3n) is 4.45.